The van der Waals surface area contributed by atoms with Crippen LogP contribution in [0.2, 0.25) is 0 Å². The van der Waals surface area contributed by atoms with E-state index >= 15 is 0 Å². The molecular weight excluding hydrogens is 406 g/mol. The molecular formula is C25H29N3O4. The minimum atomic E-state index is -0.413. The third kappa shape index (κ3) is 4.99. The third-order valence-corrected chi connectivity index (χ3v) is 5.87. The molecule has 4 rings (SSSR count). The van der Waals surface area contributed by atoms with Crippen LogP contribution in [0.1, 0.15) is 41.5 Å². The minimum Gasteiger partial charge on any atom is -0.493 e. The SMILES string of the molecule is Cc1ccccc1-c1noc([C@H]2CN(C(=O)CCCOc3cccc(C)c3C)CCO2)n1. The summed E-state index contributed by atoms with van der Waals surface area (Å²) in [5.74, 6) is 1.90. The number of carbonyl (C=O) groups excluding carboxylic acids is 1. The van der Waals surface area contributed by atoms with Gasteiger partial charge in [-0.2, -0.15) is 4.98 Å². The van der Waals surface area contributed by atoms with Crippen molar-refractivity contribution in [2.75, 3.05) is 26.3 Å². The summed E-state index contributed by atoms with van der Waals surface area (Å²) < 4.78 is 17.2. The Kier molecular flexibility index (Phi) is 6.85. The molecule has 1 saturated heterocycles. The number of hydrogen-bond acceptors (Lipinski definition) is 6. The Bertz CT molecular complexity index is 1080. The van der Waals surface area contributed by atoms with E-state index < -0.39 is 6.10 Å². The Labute approximate surface area is 188 Å². The number of carbonyl (C=O) groups is 1. The first-order valence-electron chi connectivity index (χ1n) is 11.0. The Morgan fingerprint density at radius 1 is 1.12 bits per heavy atom. The van der Waals surface area contributed by atoms with Crippen molar-refractivity contribution in [1.29, 1.82) is 0 Å². The van der Waals surface area contributed by atoms with E-state index in [0.717, 1.165) is 22.4 Å². The fraction of sp³-hybridized carbons (Fsp3) is 0.400. The van der Waals surface area contributed by atoms with Crippen LogP contribution in [0.3, 0.4) is 0 Å². The zero-order chi connectivity index (χ0) is 22.5. The molecule has 0 aliphatic carbocycles. The summed E-state index contributed by atoms with van der Waals surface area (Å²) in [5, 5.41) is 4.11. The zero-order valence-electron chi connectivity index (χ0n) is 18.8. The van der Waals surface area contributed by atoms with Crippen LogP contribution in [-0.2, 0) is 9.53 Å². The summed E-state index contributed by atoms with van der Waals surface area (Å²) in [4.78, 5) is 19.1. The van der Waals surface area contributed by atoms with Gasteiger partial charge in [0.25, 0.3) is 5.89 Å². The molecule has 3 aromatic rings. The number of aromatic nitrogens is 2. The van der Waals surface area contributed by atoms with E-state index in [1.54, 1.807) is 0 Å². The molecule has 1 aliphatic rings. The summed E-state index contributed by atoms with van der Waals surface area (Å²) in [7, 11) is 0. The van der Waals surface area contributed by atoms with Crippen molar-refractivity contribution >= 4 is 5.91 Å². The molecule has 0 N–H and O–H groups in total. The van der Waals surface area contributed by atoms with Gasteiger partial charge in [0.05, 0.1) is 19.8 Å². The first-order valence-corrected chi connectivity index (χ1v) is 11.0. The second-order valence-electron chi connectivity index (χ2n) is 8.12. The van der Waals surface area contributed by atoms with E-state index in [2.05, 4.69) is 23.1 Å². The molecule has 0 radical (unpaired) electrons. The van der Waals surface area contributed by atoms with Gasteiger partial charge < -0.3 is 18.9 Å². The second-order valence-corrected chi connectivity index (χ2v) is 8.12. The highest BCUT2D eigenvalue weighted by atomic mass is 16.5. The van der Waals surface area contributed by atoms with Gasteiger partial charge >= 0.3 is 0 Å². The van der Waals surface area contributed by atoms with Gasteiger partial charge in [-0.25, -0.2) is 0 Å². The predicted octanol–water partition coefficient (Wildman–Crippen LogP) is 4.42. The van der Waals surface area contributed by atoms with Gasteiger partial charge in [0.15, 0.2) is 6.10 Å². The first kappa shape index (κ1) is 22.0. The molecule has 168 valence electrons. The molecule has 0 unspecified atom stereocenters. The Morgan fingerprint density at radius 2 is 1.94 bits per heavy atom. The number of aryl methyl sites for hydroxylation is 2. The second kappa shape index (κ2) is 9.96. The van der Waals surface area contributed by atoms with E-state index in [9.17, 15) is 4.79 Å². The molecule has 2 aromatic carbocycles. The lowest BCUT2D eigenvalue weighted by molar-refractivity contribution is -0.140. The molecule has 32 heavy (non-hydrogen) atoms. The zero-order valence-corrected chi connectivity index (χ0v) is 18.8. The molecule has 7 nitrogen and oxygen atoms in total. The van der Waals surface area contributed by atoms with Crippen molar-refractivity contribution in [3.63, 3.8) is 0 Å². The summed E-state index contributed by atoms with van der Waals surface area (Å²) in [6, 6.07) is 13.9. The highest BCUT2D eigenvalue weighted by molar-refractivity contribution is 5.76. The number of hydrogen-bond donors (Lipinski definition) is 0. The van der Waals surface area contributed by atoms with Crippen LogP contribution in [0, 0.1) is 20.8 Å². The van der Waals surface area contributed by atoms with Crippen molar-refractivity contribution < 1.29 is 18.8 Å². The van der Waals surface area contributed by atoms with Crippen molar-refractivity contribution in [2.45, 2.75) is 39.7 Å². The lowest BCUT2D eigenvalue weighted by Crippen LogP contribution is -2.42. The smallest absolute Gasteiger partial charge is 0.257 e. The molecule has 2 heterocycles. The van der Waals surface area contributed by atoms with E-state index in [0.29, 0.717) is 50.9 Å². The highest BCUT2D eigenvalue weighted by Gasteiger charge is 2.29. The molecule has 1 fully saturated rings. The average Bonchev–Trinajstić information content (AvgIpc) is 3.30. The van der Waals surface area contributed by atoms with Crippen molar-refractivity contribution in [3.05, 3.63) is 65.0 Å². The van der Waals surface area contributed by atoms with E-state index in [1.165, 1.54) is 5.56 Å². The van der Waals surface area contributed by atoms with Crippen LogP contribution in [0.15, 0.2) is 47.0 Å². The maximum atomic E-state index is 12.7. The molecule has 1 aliphatic heterocycles. The van der Waals surface area contributed by atoms with Crippen molar-refractivity contribution in [2.24, 2.45) is 0 Å². The Hall–Kier alpha value is -3.19. The minimum absolute atomic E-state index is 0.0847. The monoisotopic (exact) mass is 435 g/mol. The van der Waals surface area contributed by atoms with Crippen LogP contribution >= 0.6 is 0 Å². The van der Waals surface area contributed by atoms with Crippen LogP contribution in [-0.4, -0.2) is 47.3 Å². The lowest BCUT2D eigenvalue weighted by Gasteiger charge is -2.31. The van der Waals surface area contributed by atoms with Crippen LogP contribution in [0.25, 0.3) is 11.4 Å². The topological polar surface area (TPSA) is 77.7 Å². The van der Waals surface area contributed by atoms with Crippen LogP contribution < -0.4 is 4.74 Å². The molecule has 7 heteroatoms. The van der Waals surface area contributed by atoms with Crippen molar-refractivity contribution in [1.82, 2.24) is 15.0 Å². The summed E-state index contributed by atoms with van der Waals surface area (Å²) in [5.41, 5.74) is 4.34. The van der Waals surface area contributed by atoms with Crippen LogP contribution in [0.5, 0.6) is 5.75 Å². The predicted molar refractivity (Wildman–Crippen MR) is 120 cm³/mol. The van der Waals surface area contributed by atoms with Crippen LogP contribution in [0.4, 0.5) is 0 Å². The van der Waals surface area contributed by atoms with Gasteiger partial charge in [-0.1, -0.05) is 41.6 Å². The number of nitrogens with zero attached hydrogens (tertiary/aromatic N) is 3. The molecule has 0 spiro atoms. The quantitative estimate of drug-likeness (QED) is 0.511. The third-order valence-electron chi connectivity index (χ3n) is 5.87. The number of amides is 1. The highest BCUT2D eigenvalue weighted by Crippen LogP contribution is 2.26. The van der Waals surface area contributed by atoms with E-state index in [1.807, 2.05) is 55.1 Å². The fourth-order valence-electron chi connectivity index (χ4n) is 3.77. The number of ether oxygens (including phenoxy) is 2. The summed E-state index contributed by atoms with van der Waals surface area (Å²) in [6.07, 6.45) is 0.673. The summed E-state index contributed by atoms with van der Waals surface area (Å²) in [6.45, 7) is 8.04. The van der Waals surface area contributed by atoms with Gasteiger partial charge in [0, 0.05) is 18.5 Å². The molecule has 1 amide bonds. The average molecular weight is 436 g/mol. The molecule has 1 aromatic heterocycles. The van der Waals surface area contributed by atoms with Gasteiger partial charge in [-0.3, -0.25) is 4.79 Å². The molecule has 0 bridgehead atoms. The lowest BCUT2D eigenvalue weighted by atomic mass is 10.1. The van der Waals surface area contributed by atoms with Gasteiger partial charge in [-0.05, 0) is 49.9 Å². The maximum Gasteiger partial charge on any atom is 0.257 e. The first-order chi connectivity index (χ1) is 15.5. The Morgan fingerprint density at radius 3 is 2.78 bits per heavy atom. The number of benzene rings is 2. The number of morpholine rings is 1. The Balaban J connectivity index is 1.29. The largest absolute Gasteiger partial charge is 0.493 e. The molecule has 0 saturated carbocycles. The standard InChI is InChI=1S/C25H29N3O4/c1-17-9-6-11-21(19(17)3)30-14-7-12-23(29)28-13-15-31-22(16-28)25-26-24(27-32-25)20-10-5-4-8-18(20)2/h4-6,8-11,22H,7,12-16H2,1-3H3/t22-/m1/s1. The molecule has 1 atom stereocenters. The van der Waals surface area contributed by atoms with Gasteiger partial charge in [0.2, 0.25) is 11.7 Å². The number of rotatable bonds is 7. The van der Waals surface area contributed by atoms with E-state index in [4.69, 9.17) is 14.0 Å². The van der Waals surface area contributed by atoms with E-state index in [-0.39, 0.29) is 5.91 Å². The fourth-order valence-corrected chi connectivity index (χ4v) is 3.77. The van der Waals surface area contributed by atoms with Crippen molar-refractivity contribution in [3.8, 4) is 17.1 Å². The maximum absolute atomic E-state index is 12.7. The van der Waals surface area contributed by atoms with Gasteiger partial charge in [0.1, 0.15) is 5.75 Å². The van der Waals surface area contributed by atoms with Gasteiger partial charge in [-0.15, -0.1) is 0 Å². The summed E-state index contributed by atoms with van der Waals surface area (Å²) >= 11 is 0. The normalized spacial score (nSPS) is 16.2.